The molecule has 0 spiro atoms. The van der Waals surface area contributed by atoms with Gasteiger partial charge in [0, 0.05) is 0 Å². The molecular formula is C16H28O3. The third kappa shape index (κ3) is 8.60. The monoisotopic (exact) mass is 268 g/mol. The summed E-state index contributed by atoms with van der Waals surface area (Å²) in [6.45, 7) is 16.0. The number of carbonyl (C=O) groups is 1. The summed E-state index contributed by atoms with van der Waals surface area (Å²) < 4.78 is 11.1. The molecule has 0 aromatic heterocycles. The van der Waals surface area contributed by atoms with Crippen molar-refractivity contribution in [3.63, 3.8) is 0 Å². The van der Waals surface area contributed by atoms with Crippen molar-refractivity contribution in [2.24, 2.45) is 5.92 Å². The molecule has 3 nitrogen and oxygen atoms in total. The van der Waals surface area contributed by atoms with Crippen molar-refractivity contribution in [1.82, 2.24) is 0 Å². The molecule has 0 amide bonds. The molecule has 1 atom stereocenters. The predicted molar refractivity (Wildman–Crippen MR) is 79.0 cm³/mol. The average molecular weight is 268 g/mol. The highest BCUT2D eigenvalue weighted by Gasteiger charge is 2.24. The Morgan fingerprint density at radius 3 is 2.37 bits per heavy atom. The Hall–Kier alpha value is -1.09. The van der Waals surface area contributed by atoms with Crippen molar-refractivity contribution < 1.29 is 14.3 Å². The van der Waals surface area contributed by atoms with Crippen molar-refractivity contribution in [2.45, 2.75) is 59.7 Å². The van der Waals surface area contributed by atoms with E-state index in [2.05, 4.69) is 33.4 Å². The van der Waals surface area contributed by atoms with Gasteiger partial charge in [-0.15, -0.1) is 6.58 Å². The molecule has 0 aliphatic heterocycles. The molecule has 0 bridgehead atoms. The molecule has 0 aromatic rings. The number of hydrogen-bond donors (Lipinski definition) is 0. The van der Waals surface area contributed by atoms with Crippen molar-refractivity contribution in [1.29, 1.82) is 0 Å². The molecule has 0 saturated carbocycles. The van der Waals surface area contributed by atoms with Crippen LogP contribution in [0.2, 0.25) is 0 Å². The Balaban J connectivity index is 4.35. The molecule has 0 aliphatic carbocycles. The summed E-state index contributed by atoms with van der Waals surface area (Å²) in [5.74, 6) is 0.230. The lowest BCUT2D eigenvalue weighted by molar-refractivity contribution is -0.154. The second kappa shape index (κ2) is 8.16. The molecule has 0 heterocycles. The van der Waals surface area contributed by atoms with Crippen LogP contribution in [0.1, 0.15) is 48.0 Å². The molecule has 0 saturated heterocycles. The summed E-state index contributed by atoms with van der Waals surface area (Å²) in [6.07, 6.45) is 3.96. The molecule has 0 N–H and O–H groups in total. The molecule has 0 fully saturated rings. The SMILES string of the molecule is C=CCC(=O)OCC(C)(C)OC(C)/C(C)=C/C(C)C. The number of hydrogen-bond acceptors (Lipinski definition) is 3. The van der Waals surface area contributed by atoms with Gasteiger partial charge in [-0.05, 0) is 39.2 Å². The van der Waals surface area contributed by atoms with E-state index < -0.39 is 5.60 Å². The number of ether oxygens (including phenoxy) is 2. The molecule has 110 valence electrons. The van der Waals surface area contributed by atoms with Gasteiger partial charge in [-0.3, -0.25) is 4.79 Å². The van der Waals surface area contributed by atoms with Gasteiger partial charge in [0.2, 0.25) is 0 Å². The maximum Gasteiger partial charge on any atom is 0.309 e. The van der Waals surface area contributed by atoms with E-state index in [1.165, 1.54) is 11.6 Å². The Bertz CT molecular complexity index is 327. The van der Waals surface area contributed by atoms with Gasteiger partial charge in [-0.25, -0.2) is 0 Å². The van der Waals surface area contributed by atoms with E-state index in [1.807, 2.05) is 20.8 Å². The van der Waals surface area contributed by atoms with Gasteiger partial charge in [0.25, 0.3) is 0 Å². The second-order valence-corrected chi connectivity index (χ2v) is 5.83. The molecule has 19 heavy (non-hydrogen) atoms. The van der Waals surface area contributed by atoms with Crippen molar-refractivity contribution in [3.8, 4) is 0 Å². The van der Waals surface area contributed by atoms with Gasteiger partial charge < -0.3 is 9.47 Å². The number of allylic oxidation sites excluding steroid dienone is 1. The van der Waals surface area contributed by atoms with Crippen LogP contribution in [0, 0.1) is 5.92 Å². The molecule has 0 aliphatic rings. The van der Waals surface area contributed by atoms with Crippen LogP contribution in [0.15, 0.2) is 24.3 Å². The highest BCUT2D eigenvalue weighted by atomic mass is 16.6. The van der Waals surface area contributed by atoms with Gasteiger partial charge in [0.1, 0.15) is 6.61 Å². The van der Waals surface area contributed by atoms with Gasteiger partial charge in [-0.2, -0.15) is 0 Å². The molecule has 1 unspecified atom stereocenters. The molecular weight excluding hydrogens is 240 g/mol. The normalized spacial score (nSPS) is 14.4. The summed E-state index contributed by atoms with van der Waals surface area (Å²) >= 11 is 0. The summed E-state index contributed by atoms with van der Waals surface area (Å²) in [5.41, 5.74) is 0.697. The van der Waals surface area contributed by atoms with Crippen LogP contribution >= 0.6 is 0 Å². The van der Waals surface area contributed by atoms with E-state index in [9.17, 15) is 4.79 Å². The highest BCUT2D eigenvalue weighted by Crippen LogP contribution is 2.18. The van der Waals surface area contributed by atoms with E-state index in [0.717, 1.165) is 0 Å². The number of rotatable bonds is 8. The van der Waals surface area contributed by atoms with Crippen molar-refractivity contribution in [2.75, 3.05) is 6.61 Å². The topological polar surface area (TPSA) is 35.5 Å². The minimum Gasteiger partial charge on any atom is -0.462 e. The fourth-order valence-electron chi connectivity index (χ4n) is 1.70. The Kier molecular flexibility index (Phi) is 7.69. The second-order valence-electron chi connectivity index (χ2n) is 5.83. The first-order valence-electron chi connectivity index (χ1n) is 6.80. The molecule has 0 aromatic carbocycles. The van der Waals surface area contributed by atoms with Crippen LogP contribution in [0.25, 0.3) is 0 Å². The lowest BCUT2D eigenvalue weighted by Crippen LogP contribution is -2.35. The fourth-order valence-corrected chi connectivity index (χ4v) is 1.70. The zero-order valence-corrected chi connectivity index (χ0v) is 13.2. The Labute approximate surface area is 117 Å². The first kappa shape index (κ1) is 17.9. The highest BCUT2D eigenvalue weighted by molar-refractivity contribution is 5.71. The minimum atomic E-state index is -0.498. The van der Waals surface area contributed by atoms with E-state index in [0.29, 0.717) is 5.92 Å². The summed E-state index contributed by atoms with van der Waals surface area (Å²) in [4.78, 5) is 11.3. The van der Waals surface area contributed by atoms with Crippen LogP contribution < -0.4 is 0 Å². The first-order chi connectivity index (χ1) is 8.68. The van der Waals surface area contributed by atoms with Gasteiger partial charge in [0.05, 0.1) is 18.1 Å². The standard InChI is InChI=1S/C16H28O3/c1-8-9-15(17)18-11-16(6,7)19-14(5)13(4)10-12(2)3/h8,10,12,14H,1,9,11H2,2-7H3/b13-10+. The molecule has 0 radical (unpaired) electrons. The summed E-state index contributed by atoms with van der Waals surface area (Å²) in [6, 6.07) is 0. The first-order valence-corrected chi connectivity index (χ1v) is 6.80. The lowest BCUT2D eigenvalue weighted by Gasteiger charge is -2.29. The fraction of sp³-hybridized carbons (Fsp3) is 0.688. The van der Waals surface area contributed by atoms with Crippen molar-refractivity contribution >= 4 is 5.97 Å². The van der Waals surface area contributed by atoms with E-state index >= 15 is 0 Å². The number of carbonyl (C=O) groups excluding carboxylic acids is 1. The van der Waals surface area contributed by atoms with Crippen LogP contribution in [-0.2, 0) is 14.3 Å². The average Bonchev–Trinajstić information content (AvgIpc) is 2.25. The van der Waals surface area contributed by atoms with Gasteiger partial charge in [0.15, 0.2) is 0 Å². The third-order valence-electron chi connectivity index (χ3n) is 2.63. The zero-order valence-electron chi connectivity index (χ0n) is 13.2. The smallest absolute Gasteiger partial charge is 0.309 e. The third-order valence-corrected chi connectivity index (χ3v) is 2.63. The number of esters is 1. The summed E-state index contributed by atoms with van der Waals surface area (Å²) in [5, 5.41) is 0. The quantitative estimate of drug-likeness (QED) is 0.495. The van der Waals surface area contributed by atoms with Gasteiger partial charge >= 0.3 is 5.97 Å². The predicted octanol–water partition coefficient (Wildman–Crippen LogP) is 3.89. The maximum atomic E-state index is 11.3. The largest absolute Gasteiger partial charge is 0.462 e. The van der Waals surface area contributed by atoms with E-state index in [-0.39, 0.29) is 25.1 Å². The minimum absolute atomic E-state index is 0.00973. The maximum absolute atomic E-state index is 11.3. The molecule has 3 heteroatoms. The van der Waals surface area contributed by atoms with Crippen molar-refractivity contribution in [3.05, 3.63) is 24.3 Å². The van der Waals surface area contributed by atoms with E-state index in [1.54, 1.807) is 0 Å². The van der Waals surface area contributed by atoms with E-state index in [4.69, 9.17) is 9.47 Å². The van der Waals surface area contributed by atoms with Crippen LogP contribution in [0.5, 0.6) is 0 Å². The summed E-state index contributed by atoms with van der Waals surface area (Å²) in [7, 11) is 0. The Morgan fingerprint density at radius 1 is 1.32 bits per heavy atom. The lowest BCUT2D eigenvalue weighted by atomic mass is 10.1. The molecule has 0 rings (SSSR count). The van der Waals surface area contributed by atoms with Crippen LogP contribution in [0.4, 0.5) is 0 Å². The Morgan fingerprint density at radius 2 is 1.89 bits per heavy atom. The van der Waals surface area contributed by atoms with Crippen LogP contribution in [0.3, 0.4) is 0 Å². The zero-order chi connectivity index (χ0) is 15.1. The van der Waals surface area contributed by atoms with Gasteiger partial charge in [-0.1, -0.05) is 26.0 Å². The van der Waals surface area contributed by atoms with Crippen LogP contribution in [-0.4, -0.2) is 24.3 Å².